The highest BCUT2D eigenvalue weighted by atomic mass is 19.4. The second-order valence-corrected chi connectivity index (χ2v) is 2.52. The molecule has 0 radical (unpaired) electrons. The number of rotatable bonds is 2. The number of isocyanates is 1. The molecule has 0 rings (SSSR count). The second kappa shape index (κ2) is 4.00. The van der Waals surface area contributed by atoms with Crippen LogP contribution in [-0.2, 0) is 4.79 Å². The molecule has 1 unspecified atom stereocenters. The van der Waals surface area contributed by atoms with Gasteiger partial charge in [0.05, 0.1) is 6.04 Å². The summed E-state index contributed by atoms with van der Waals surface area (Å²) in [4.78, 5) is 12.0. The monoisotopic (exact) mass is 221 g/mol. The normalized spacial score (nSPS) is 15.1. The largest absolute Gasteiger partial charge is 0.402 e. The third kappa shape index (κ3) is 3.37. The van der Waals surface area contributed by atoms with E-state index in [9.17, 15) is 31.1 Å². The molecule has 0 amide bonds. The van der Waals surface area contributed by atoms with Crippen LogP contribution in [-0.4, -0.2) is 24.5 Å². The maximum absolute atomic E-state index is 11.9. The molecule has 1 atom stereocenters. The summed E-state index contributed by atoms with van der Waals surface area (Å²) in [7, 11) is 0. The van der Waals surface area contributed by atoms with Gasteiger partial charge in [0.15, 0.2) is 5.92 Å². The number of hydrogen-bond donors (Lipinski definition) is 0. The lowest BCUT2D eigenvalue weighted by atomic mass is 10.0. The number of hydrogen-bond acceptors (Lipinski definition) is 2. The summed E-state index contributed by atoms with van der Waals surface area (Å²) >= 11 is 0. The van der Waals surface area contributed by atoms with Gasteiger partial charge in [-0.2, -0.15) is 26.3 Å². The van der Waals surface area contributed by atoms with Crippen molar-refractivity contribution < 1.29 is 31.1 Å². The van der Waals surface area contributed by atoms with Gasteiger partial charge in [-0.15, -0.1) is 0 Å². The molecule has 0 saturated heterocycles. The summed E-state index contributed by atoms with van der Waals surface area (Å²) in [5.41, 5.74) is 0. The van der Waals surface area contributed by atoms with Gasteiger partial charge >= 0.3 is 12.4 Å². The Hall–Kier alpha value is -1.04. The van der Waals surface area contributed by atoms with Crippen LogP contribution < -0.4 is 0 Å². The van der Waals surface area contributed by atoms with E-state index in [-0.39, 0.29) is 0 Å². The van der Waals surface area contributed by atoms with Crippen LogP contribution in [0.25, 0.3) is 0 Å². The van der Waals surface area contributed by atoms with Gasteiger partial charge in [0.1, 0.15) is 0 Å². The van der Waals surface area contributed by atoms with E-state index < -0.39 is 24.3 Å². The predicted molar refractivity (Wildman–Crippen MR) is 33.2 cm³/mol. The van der Waals surface area contributed by atoms with Gasteiger partial charge in [0.2, 0.25) is 6.08 Å². The topological polar surface area (TPSA) is 29.4 Å². The van der Waals surface area contributed by atoms with Gasteiger partial charge in [-0.3, -0.25) is 0 Å². The molecule has 0 aliphatic carbocycles. The van der Waals surface area contributed by atoms with Crippen LogP contribution in [0.4, 0.5) is 26.3 Å². The third-order valence-corrected chi connectivity index (χ3v) is 1.44. The molecule has 0 saturated carbocycles. The minimum Gasteiger partial charge on any atom is -0.211 e. The third-order valence-electron chi connectivity index (χ3n) is 1.44. The zero-order chi connectivity index (χ0) is 11.6. The lowest BCUT2D eigenvalue weighted by molar-refractivity contribution is -0.287. The fourth-order valence-electron chi connectivity index (χ4n) is 0.890. The summed E-state index contributed by atoms with van der Waals surface area (Å²) in [5.74, 6) is -3.63. The molecule has 0 N–H and O–H groups in total. The van der Waals surface area contributed by atoms with Gasteiger partial charge in [-0.25, -0.2) is 9.79 Å². The fraction of sp³-hybridized carbons (Fsp3) is 0.833. The van der Waals surface area contributed by atoms with E-state index in [1.165, 1.54) is 0 Å². The Bertz CT molecular complexity index is 224. The maximum Gasteiger partial charge on any atom is 0.402 e. The first-order valence-corrected chi connectivity index (χ1v) is 3.31. The zero-order valence-corrected chi connectivity index (χ0v) is 6.78. The Kier molecular flexibility index (Phi) is 3.70. The molecule has 8 heteroatoms. The molecule has 2 nitrogen and oxygen atoms in total. The molecule has 0 aliphatic heterocycles. The Labute approximate surface area is 74.6 Å². The van der Waals surface area contributed by atoms with Crippen LogP contribution in [0, 0.1) is 5.92 Å². The highest BCUT2D eigenvalue weighted by Gasteiger charge is 2.59. The fourth-order valence-corrected chi connectivity index (χ4v) is 0.890. The van der Waals surface area contributed by atoms with Crippen molar-refractivity contribution in [3.63, 3.8) is 0 Å². The van der Waals surface area contributed by atoms with Crippen molar-refractivity contribution in [3.05, 3.63) is 0 Å². The molecule has 0 spiro atoms. The van der Waals surface area contributed by atoms with Crippen LogP contribution in [0.2, 0.25) is 0 Å². The molecular weight excluding hydrogens is 216 g/mol. The van der Waals surface area contributed by atoms with Crippen LogP contribution >= 0.6 is 0 Å². The van der Waals surface area contributed by atoms with Crippen LogP contribution in [0.15, 0.2) is 4.99 Å². The van der Waals surface area contributed by atoms with Crippen molar-refractivity contribution >= 4 is 6.08 Å². The minimum atomic E-state index is -5.47. The van der Waals surface area contributed by atoms with E-state index >= 15 is 0 Å². The molecular formula is C6H5F6NO. The quantitative estimate of drug-likeness (QED) is 0.400. The standard InChI is InChI=1S/C6H5F6NO/c1-3(13-2-14)4(5(7,8)9)6(10,11)12/h3-4H,1H3. The predicted octanol–water partition coefficient (Wildman–Crippen LogP) is 2.45. The van der Waals surface area contributed by atoms with Crippen molar-refractivity contribution in [2.45, 2.75) is 25.3 Å². The molecule has 14 heavy (non-hydrogen) atoms. The summed E-state index contributed by atoms with van der Waals surface area (Å²) in [6, 6.07) is -2.22. The Balaban J connectivity index is 5.02. The summed E-state index contributed by atoms with van der Waals surface area (Å²) in [6.45, 7) is 0.552. The van der Waals surface area contributed by atoms with Crippen LogP contribution in [0.3, 0.4) is 0 Å². The lowest BCUT2D eigenvalue weighted by Crippen LogP contribution is -2.42. The van der Waals surface area contributed by atoms with Crippen molar-refractivity contribution in [2.24, 2.45) is 10.9 Å². The average molecular weight is 221 g/mol. The number of carbonyl (C=O) groups excluding carboxylic acids is 1. The molecule has 0 aliphatic rings. The van der Waals surface area contributed by atoms with E-state index in [1.54, 1.807) is 0 Å². The van der Waals surface area contributed by atoms with Crippen LogP contribution in [0.5, 0.6) is 0 Å². The van der Waals surface area contributed by atoms with Gasteiger partial charge < -0.3 is 0 Å². The molecule has 0 bridgehead atoms. The molecule has 82 valence electrons. The van der Waals surface area contributed by atoms with Gasteiger partial charge in [-0.1, -0.05) is 0 Å². The molecule has 0 aromatic carbocycles. The SMILES string of the molecule is CC(N=C=O)C(C(F)(F)F)C(F)(F)F. The molecule has 0 fully saturated rings. The van der Waals surface area contributed by atoms with Gasteiger partial charge in [-0.05, 0) is 6.92 Å². The summed E-state index contributed by atoms with van der Waals surface area (Å²) in [6.07, 6.45) is -10.3. The highest BCUT2D eigenvalue weighted by molar-refractivity contribution is 5.33. The molecule has 0 aromatic rings. The number of nitrogens with zero attached hydrogens (tertiary/aromatic N) is 1. The van der Waals surface area contributed by atoms with E-state index in [0.717, 1.165) is 0 Å². The average Bonchev–Trinajstić information content (AvgIpc) is 1.78. The second-order valence-electron chi connectivity index (χ2n) is 2.52. The lowest BCUT2D eigenvalue weighted by Gasteiger charge is -2.24. The van der Waals surface area contributed by atoms with E-state index in [1.807, 2.05) is 0 Å². The Morgan fingerprint density at radius 3 is 1.64 bits per heavy atom. The van der Waals surface area contributed by atoms with Gasteiger partial charge in [0, 0.05) is 0 Å². The first-order valence-electron chi connectivity index (χ1n) is 3.31. The van der Waals surface area contributed by atoms with Crippen molar-refractivity contribution in [1.29, 1.82) is 0 Å². The minimum absolute atomic E-state index is 0.552. The molecule has 0 aromatic heterocycles. The highest BCUT2D eigenvalue weighted by Crippen LogP contribution is 2.42. The zero-order valence-electron chi connectivity index (χ0n) is 6.78. The van der Waals surface area contributed by atoms with E-state index in [0.29, 0.717) is 13.0 Å². The number of aliphatic imine (C=N–C) groups is 1. The summed E-state index contributed by atoms with van der Waals surface area (Å²) in [5, 5.41) is 0. The summed E-state index contributed by atoms with van der Waals surface area (Å²) < 4.78 is 71.3. The van der Waals surface area contributed by atoms with E-state index in [2.05, 4.69) is 4.99 Å². The maximum atomic E-state index is 11.9. The van der Waals surface area contributed by atoms with Crippen molar-refractivity contribution in [3.8, 4) is 0 Å². The Morgan fingerprint density at radius 2 is 1.43 bits per heavy atom. The number of alkyl halides is 6. The van der Waals surface area contributed by atoms with Crippen molar-refractivity contribution in [2.75, 3.05) is 0 Å². The van der Waals surface area contributed by atoms with Crippen LogP contribution in [0.1, 0.15) is 6.92 Å². The number of halogens is 6. The van der Waals surface area contributed by atoms with Gasteiger partial charge in [0.25, 0.3) is 0 Å². The first kappa shape index (κ1) is 13.0. The Morgan fingerprint density at radius 1 is 1.07 bits per heavy atom. The molecule has 0 heterocycles. The van der Waals surface area contributed by atoms with E-state index in [4.69, 9.17) is 0 Å². The van der Waals surface area contributed by atoms with Crippen molar-refractivity contribution in [1.82, 2.24) is 0 Å². The smallest absolute Gasteiger partial charge is 0.211 e. The first-order chi connectivity index (χ1) is 6.10.